The maximum absolute atomic E-state index is 9.97. The molecule has 1 atom stereocenters. The fraction of sp³-hybridized carbons (Fsp3) is 0.357. The van der Waals surface area contributed by atoms with E-state index in [0.717, 1.165) is 16.6 Å². The summed E-state index contributed by atoms with van der Waals surface area (Å²) < 4.78 is 0. The Morgan fingerprint density at radius 3 is 2.78 bits per heavy atom. The molecule has 1 heterocycles. The number of halogens is 1. The summed E-state index contributed by atoms with van der Waals surface area (Å²) in [5.74, 6) is 0. The Labute approximate surface area is 112 Å². The van der Waals surface area contributed by atoms with E-state index in [1.54, 1.807) is 20.0 Å². The van der Waals surface area contributed by atoms with Crippen LogP contribution < -0.4 is 5.32 Å². The van der Waals surface area contributed by atoms with E-state index in [1.165, 1.54) is 0 Å². The number of rotatable bonds is 3. The molecule has 4 heteroatoms. The van der Waals surface area contributed by atoms with Crippen LogP contribution in [-0.2, 0) is 0 Å². The van der Waals surface area contributed by atoms with Crippen molar-refractivity contribution in [3.63, 3.8) is 0 Å². The molecule has 0 amide bonds. The van der Waals surface area contributed by atoms with Crippen molar-refractivity contribution in [2.45, 2.75) is 32.4 Å². The van der Waals surface area contributed by atoms with E-state index in [1.807, 2.05) is 31.2 Å². The van der Waals surface area contributed by atoms with Gasteiger partial charge in [-0.05, 0) is 39.0 Å². The van der Waals surface area contributed by atoms with Crippen molar-refractivity contribution >= 4 is 28.2 Å². The van der Waals surface area contributed by atoms with Crippen LogP contribution in [0.15, 0.2) is 30.5 Å². The lowest BCUT2D eigenvalue weighted by atomic mass is 10.0. The lowest BCUT2D eigenvalue weighted by Crippen LogP contribution is -2.39. The third kappa shape index (κ3) is 2.74. The van der Waals surface area contributed by atoms with Gasteiger partial charge in [0, 0.05) is 16.6 Å². The minimum Gasteiger partial charge on any atom is -0.388 e. The Bertz CT molecular complexity index is 563. The molecule has 0 aliphatic heterocycles. The van der Waals surface area contributed by atoms with E-state index in [2.05, 4.69) is 10.3 Å². The molecule has 1 aromatic carbocycles. The van der Waals surface area contributed by atoms with E-state index in [9.17, 15) is 5.11 Å². The Morgan fingerprint density at radius 2 is 2.11 bits per heavy atom. The van der Waals surface area contributed by atoms with Crippen molar-refractivity contribution in [3.8, 4) is 0 Å². The molecular weight excluding hydrogens is 248 g/mol. The van der Waals surface area contributed by atoms with Crippen LogP contribution in [0.2, 0.25) is 5.02 Å². The number of benzene rings is 1. The first kappa shape index (κ1) is 13.1. The van der Waals surface area contributed by atoms with Gasteiger partial charge in [-0.25, -0.2) is 0 Å². The van der Waals surface area contributed by atoms with Crippen LogP contribution >= 0.6 is 11.6 Å². The second kappa shape index (κ2) is 4.75. The highest BCUT2D eigenvalue weighted by molar-refractivity contribution is 6.31. The third-order valence-electron chi connectivity index (χ3n) is 3.10. The third-order valence-corrected chi connectivity index (χ3v) is 3.32. The molecule has 0 bridgehead atoms. The molecule has 18 heavy (non-hydrogen) atoms. The number of fused-ring (bicyclic) bond motifs is 1. The van der Waals surface area contributed by atoms with Crippen LogP contribution in [-0.4, -0.2) is 21.7 Å². The van der Waals surface area contributed by atoms with Gasteiger partial charge in [0.05, 0.1) is 22.8 Å². The number of hydrogen-bond acceptors (Lipinski definition) is 3. The number of nitrogens with one attached hydrogen (secondary N) is 1. The Balaban J connectivity index is 2.44. The van der Waals surface area contributed by atoms with Crippen molar-refractivity contribution < 1.29 is 5.11 Å². The average molecular weight is 265 g/mol. The van der Waals surface area contributed by atoms with Gasteiger partial charge in [0.15, 0.2) is 0 Å². The van der Waals surface area contributed by atoms with E-state index < -0.39 is 5.60 Å². The Hall–Kier alpha value is -1.32. The van der Waals surface area contributed by atoms with Gasteiger partial charge in [0.2, 0.25) is 0 Å². The fourth-order valence-electron chi connectivity index (χ4n) is 1.68. The predicted molar refractivity (Wildman–Crippen MR) is 76.1 cm³/mol. The van der Waals surface area contributed by atoms with Crippen LogP contribution in [0.5, 0.6) is 0 Å². The maximum atomic E-state index is 9.97. The average Bonchev–Trinajstić information content (AvgIpc) is 2.27. The first-order valence-electron chi connectivity index (χ1n) is 5.91. The molecule has 96 valence electrons. The zero-order valence-electron chi connectivity index (χ0n) is 10.7. The molecule has 0 saturated heterocycles. The van der Waals surface area contributed by atoms with Gasteiger partial charge in [-0.2, -0.15) is 0 Å². The summed E-state index contributed by atoms with van der Waals surface area (Å²) in [7, 11) is 0. The van der Waals surface area contributed by atoms with Gasteiger partial charge < -0.3 is 10.4 Å². The smallest absolute Gasteiger partial charge is 0.0934 e. The summed E-state index contributed by atoms with van der Waals surface area (Å²) >= 11 is 6.09. The highest BCUT2D eigenvalue weighted by Gasteiger charge is 2.22. The highest BCUT2D eigenvalue weighted by atomic mass is 35.5. The van der Waals surface area contributed by atoms with Crippen molar-refractivity contribution in [2.24, 2.45) is 0 Å². The molecule has 0 radical (unpaired) electrons. The standard InChI is InChI=1S/C14H17ClN2O/c1-9(14(2,3)18)17-12-8-11(15)7-10-5-4-6-16-13(10)12/h4-9,17-18H,1-3H3. The SMILES string of the molecule is CC(Nc1cc(Cl)cc2cccnc12)C(C)(C)O. The second-order valence-corrected chi connectivity index (χ2v) is 5.48. The minimum atomic E-state index is -0.816. The minimum absolute atomic E-state index is 0.110. The number of aliphatic hydroxyl groups is 1. The molecule has 0 spiro atoms. The predicted octanol–water partition coefficient (Wildman–Crippen LogP) is 3.46. The summed E-state index contributed by atoms with van der Waals surface area (Å²) in [6, 6.07) is 7.44. The molecular formula is C14H17ClN2O. The lowest BCUT2D eigenvalue weighted by Gasteiger charge is -2.28. The van der Waals surface area contributed by atoms with Gasteiger partial charge in [-0.15, -0.1) is 0 Å². The molecule has 2 rings (SSSR count). The Morgan fingerprint density at radius 1 is 1.39 bits per heavy atom. The summed E-state index contributed by atoms with van der Waals surface area (Å²) in [4.78, 5) is 4.35. The zero-order valence-corrected chi connectivity index (χ0v) is 11.5. The van der Waals surface area contributed by atoms with Crippen molar-refractivity contribution in [2.75, 3.05) is 5.32 Å². The number of hydrogen-bond donors (Lipinski definition) is 2. The van der Waals surface area contributed by atoms with Crippen LogP contribution in [0.3, 0.4) is 0 Å². The molecule has 2 aromatic rings. The van der Waals surface area contributed by atoms with Gasteiger partial charge in [0.1, 0.15) is 0 Å². The van der Waals surface area contributed by atoms with Gasteiger partial charge >= 0.3 is 0 Å². The number of anilines is 1. The van der Waals surface area contributed by atoms with E-state index in [4.69, 9.17) is 11.6 Å². The van der Waals surface area contributed by atoms with Crippen LogP contribution in [0.1, 0.15) is 20.8 Å². The largest absolute Gasteiger partial charge is 0.388 e. The molecule has 0 fully saturated rings. The molecule has 1 unspecified atom stereocenters. The zero-order chi connectivity index (χ0) is 13.3. The van der Waals surface area contributed by atoms with E-state index in [-0.39, 0.29) is 6.04 Å². The normalized spacial score (nSPS) is 13.6. The molecule has 3 nitrogen and oxygen atoms in total. The second-order valence-electron chi connectivity index (χ2n) is 5.05. The van der Waals surface area contributed by atoms with Crippen molar-refractivity contribution in [3.05, 3.63) is 35.5 Å². The molecule has 0 aliphatic carbocycles. The number of aromatic nitrogens is 1. The molecule has 0 saturated carbocycles. The lowest BCUT2D eigenvalue weighted by molar-refractivity contribution is 0.0649. The summed E-state index contributed by atoms with van der Waals surface area (Å²) in [5, 5.41) is 14.9. The van der Waals surface area contributed by atoms with Crippen LogP contribution in [0, 0.1) is 0 Å². The first-order chi connectivity index (χ1) is 8.38. The topological polar surface area (TPSA) is 45.2 Å². The quantitative estimate of drug-likeness (QED) is 0.892. The van der Waals surface area contributed by atoms with Gasteiger partial charge in [-0.3, -0.25) is 4.98 Å². The molecule has 0 aliphatic rings. The molecule has 1 aromatic heterocycles. The fourth-order valence-corrected chi connectivity index (χ4v) is 1.90. The van der Waals surface area contributed by atoms with Crippen molar-refractivity contribution in [1.82, 2.24) is 4.98 Å². The van der Waals surface area contributed by atoms with E-state index in [0.29, 0.717) is 5.02 Å². The number of pyridine rings is 1. The number of nitrogens with zero attached hydrogens (tertiary/aromatic N) is 1. The summed E-state index contributed by atoms with van der Waals surface area (Å²) in [6.45, 7) is 5.46. The van der Waals surface area contributed by atoms with Crippen LogP contribution in [0.25, 0.3) is 10.9 Å². The molecule has 2 N–H and O–H groups in total. The van der Waals surface area contributed by atoms with Crippen molar-refractivity contribution in [1.29, 1.82) is 0 Å². The monoisotopic (exact) mass is 264 g/mol. The Kier molecular flexibility index (Phi) is 3.46. The summed E-state index contributed by atoms with van der Waals surface area (Å²) in [5.41, 5.74) is 0.884. The summed E-state index contributed by atoms with van der Waals surface area (Å²) in [6.07, 6.45) is 1.75. The first-order valence-corrected chi connectivity index (χ1v) is 6.29. The maximum Gasteiger partial charge on any atom is 0.0934 e. The van der Waals surface area contributed by atoms with E-state index >= 15 is 0 Å². The van der Waals surface area contributed by atoms with Crippen LogP contribution in [0.4, 0.5) is 5.69 Å². The van der Waals surface area contributed by atoms with Gasteiger partial charge in [-0.1, -0.05) is 17.7 Å². The highest BCUT2D eigenvalue weighted by Crippen LogP contribution is 2.27. The van der Waals surface area contributed by atoms with Gasteiger partial charge in [0.25, 0.3) is 0 Å².